The van der Waals surface area contributed by atoms with Crippen molar-refractivity contribution in [2.75, 3.05) is 13.2 Å². The summed E-state index contributed by atoms with van der Waals surface area (Å²) in [6.07, 6.45) is 0.958. The lowest BCUT2D eigenvalue weighted by Gasteiger charge is -2.25. The first-order valence-electron chi connectivity index (χ1n) is 7.26. The Morgan fingerprint density at radius 2 is 1.81 bits per heavy atom. The highest BCUT2D eigenvalue weighted by Gasteiger charge is 2.36. The minimum absolute atomic E-state index is 0.315. The number of hydrogen-bond donors (Lipinski definition) is 0. The Morgan fingerprint density at radius 3 is 2.38 bits per heavy atom. The third-order valence-corrected chi connectivity index (χ3v) is 6.89. The summed E-state index contributed by atoms with van der Waals surface area (Å²) in [6.45, 7) is 6.29. The molecule has 1 atom stereocenters. The average molecular weight is 310 g/mol. The van der Waals surface area contributed by atoms with E-state index < -0.39 is 20.3 Å². The topological polar surface area (TPSA) is 60.4 Å². The van der Waals surface area contributed by atoms with Crippen LogP contribution in [0.5, 0.6) is 0 Å². The molecule has 0 aliphatic carbocycles. The zero-order valence-electron chi connectivity index (χ0n) is 12.8. The van der Waals surface area contributed by atoms with E-state index in [0.29, 0.717) is 31.6 Å². The fourth-order valence-electron chi connectivity index (χ4n) is 2.57. The molecule has 1 unspecified atom stereocenters. The highest BCUT2D eigenvalue weighted by molar-refractivity contribution is 7.93. The minimum atomic E-state index is -3.46. The van der Waals surface area contributed by atoms with E-state index >= 15 is 0 Å². The van der Waals surface area contributed by atoms with E-state index in [0.717, 1.165) is 11.1 Å². The zero-order chi connectivity index (χ0) is 15.6. The lowest BCUT2D eigenvalue weighted by molar-refractivity contribution is 0.0957. The maximum atomic E-state index is 12.6. The molecule has 1 fully saturated rings. The van der Waals surface area contributed by atoms with Crippen molar-refractivity contribution >= 4 is 15.6 Å². The van der Waals surface area contributed by atoms with Gasteiger partial charge in [-0.25, -0.2) is 8.42 Å². The van der Waals surface area contributed by atoms with Crippen LogP contribution < -0.4 is 0 Å². The summed E-state index contributed by atoms with van der Waals surface area (Å²) in [5, 5.41) is -1.46. The van der Waals surface area contributed by atoms with Crippen LogP contribution in [0.4, 0.5) is 0 Å². The number of benzene rings is 1. The highest BCUT2D eigenvalue weighted by Crippen LogP contribution is 2.23. The van der Waals surface area contributed by atoms with Crippen LogP contribution in [0.2, 0.25) is 0 Å². The largest absolute Gasteiger partial charge is 0.381 e. The van der Waals surface area contributed by atoms with Crippen molar-refractivity contribution in [2.45, 2.75) is 44.1 Å². The van der Waals surface area contributed by atoms with Crippen molar-refractivity contribution in [2.24, 2.45) is 0 Å². The highest BCUT2D eigenvalue weighted by atomic mass is 32.2. The first-order valence-corrected chi connectivity index (χ1v) is 8.87. The maximum Gasteiger partial charge on any atom is 0.180 e. The van der Waals surface area contributed by atoms with Crippen molar-refractivity contribution in [3.8, 4) is 0 Å². The van der Waals surface area contributed by atoms with Gasteiger partial charge in [-0.1, -0.05) is 12.1 Å². The van der Waals surface area contributed by atoms with E-state index in [-0.39, 0.29) is 5.78 Å². The summed E-state index contributed by atoms with van der Waals surface area (Å²) < 4.78 is 30.4. The zero-order valence-corrected chi connectivity index (χ0v) is 13.6. The number of aryl methyl sites for hydroxylation is 2. The molecule has 4 nitrogen and oxygen atoms in total. The lowest BCUT2D eigenvalue weighted by Crippen LogP contribution is -2.38. The smallest absolute Gasteiger partial charge is 0.180 e. The van der Waals surface area contributed by atoms with E-state index in [1.807, 2.05) is 19.9 Å². The summed E-state index contributed by atoms with van der Waals surface area (Å²) in [5.74, 6) is -0.315. The normalized spacial score (nSPS) is 18.4. The molecule has 0 N–H and O–H groups in total. The van der Waals surface area contributed by atoms with Crippen molar-refractivity contribution in [3.63, 3.8) is 0 Å². The predicted molar refractivity (Wildman–Crippen MR) is 82.5 cm³/mol. The molecule has 116 valence electrons. The number of Topliss-reactive ketones (excluding diaryl/α,β-unsaturated/α-hetero) is 1. The number of carbonyl (C=O) groups excluding carboxylic acids is 1. The van der Waals surface area contributed by atoms with E-state index in [9.17, 15) is 13.2 Å². The molecule has 21 heavy (non-hydrogen) atoms. The SMILES string of the molecule is Cc1ccc(C(=O)C(C)S(=O)(=O)C2CCOCC2)cc1C. The summed E-state index contributed by atoms with van der Waals surface area (Å²) in [7, 11) is -3.46. The van der Waals surface area contributed by atoms with Crippen LogP contribution in [0, 0.1) is 13.8 Å². The van der Waals surface area contributed by atoms with Gasteiger partial charge in [0.1, 0.15) is 5.25 Å². The molecule has 0 saturated carbocycles. The Labute approximate surface area is 126 Å². The predicted octanol–water partition coefficient (Wildman–Crippen LogP) is 2.47. The van der Waals surface area contributed by atoms with Gasteiger partial charge < -0.3 is 4.74 Å². The molecule has 2 rings (SSSR count). The van der Waals surface area contributed by atoms with Crippen molar-refractivity contribution in [1.82, 2.24) is 0 Å². The molecular weight excluding hydrogens is 288 g/mol. The van der Waals surface area contributed by atoms with Gasteiger partial charge in [0.2, 0.25) is 0 Å². The van der Waals surface area contributed by atoms with Crippen LogP contribution in [0.25, 0.3) is 0 Å². The molecule has 0 bridgehead atoms. The number of carbonyl (C=O) groups is 1. The number of sulfone groups is 1. The quantitative estimate of drug-likeness (QED) is 0.802. The Kier molecular flexibility index (Phi) is 4.84. The second-order valence-corrected chi connectivity index (χ2v) is 8.26. The van der Waals surface area contributed by atoms with E-state index in [2.05, 4.69) is 0 Å². The van der Waals surface area contributed by atoms with Gasteiger partial charge >= 0.3 is 0 Å². The van der Waals surface area contributed by atoms with Gasteiger partial charge in [0.05, 0.1) is 5.25 Å². The summed E-state index contributed by atoms with van der Waals surface area (Å²) >= 11 is 0. The first kappa shape index (κ1) is 16.2. The van der Waals surface area contributed by atoms with Crippen LogP contribution in [-0.2, 0) is 14.6 Å². The molecule has 1 aromatic carbocycles. The minimum Gasteiger partial charge on any atom is -0.381 e. The monoisotopic (exact) mass is 310 g/mol. The van der Waals surface area contributed by atoms with Crippen molar-refractivity contribution in [3.05, 3.63) is 34.9 Å². The fraction of sp³-hybridized carbons (Fsp3) is 0.562. The molecule has 1 aliphatic heterocycles. The Bertz CT molecular complexity index is 628. The van der Waals surface area contributed by atoms with Gasteiger partial charge in [-0.05, 0) is 50.8 Å². The molecule has 5 heteroatoms. The van der Waals surface area contributed by atoms with Gasteiger partial charge in [-0.2, -0.15) is 0 Å². The summed E-state index contributed by atoms with van der Waals surface area (Å²) in [4.78, 5) is 12.5. The average Bonchev–Trinajstić information content (AvgIpc) is 2.49. The standard InChI is InChI=1S/C16H22O4S/c1-11-4-5-14(10-12(11)2)16(17)13(3)21(18,19)15-6-8-20-9-7-15/h4-5,10,13,15H,6-9H2,1-3H3. The van der Waals surface area contributed by atoms with Crippen LogP contribution in [0.3, 0.4) is 0 Å². The fourth-order valence-corrected chi connectivity index (χ4v) is 4.43. The maximum absolute atomic E-state index is 12.6. The molecule has 0 aromatic heterocycles. The Balaban J connectivity index is 2.23. The summed E-state index contributed by atoms with van der Waals surface area (Å²) in [5.41, 5.74) is 2.56. The van der Waals surface area contributed by atoms with Gasteiger partial charge in [0.25, 0.3) is 0 Å². The Morgan fingerprint density at radius 1 is 1.19 bits per heavy atom. The molecule has 1 aromatic rings. The van der Waals surface area contributed by atoms with Gasteiger partial charge in [-0.15, -0.1) is 0 Å². The van der Waals surface area contributed by atoms with Crippen molar-refractivity contribution < 1.29 is 17.9 Å². The van der Waals surface area contributed by atoms with Crippen molar-refractivity contribution in [1.29, 1.82) is 0 Å². The lowest BCUT2D eigenvalue weighted by atomic mass is 10.0. The first-order chi connectivity index (χ1) is 9.84. The van der Waals surface area contributed by atoms with Crippen LogP contribution in [-0.4, -0.2) is 37.9 Å². The van der Waals surface area contributed by atoms with Gasteiger partial charge in [-0.3, -0.25) is 4.79 Å². The number of rotatable bonds is 4. The molecular formula is C16H22O4S. The number of ether oxygens (including phenoxy) is 1. The van der Waals surface area contributed by atoms with Crippen LogP contribution >= 0.6 is 0 Å². The van der Waals surface area contributed by atoms with Crippen LogP contribution in [0.15, 0.2) is 18.2 Å². The molecule has 0 spiro atoms. The molecule has 1 saturated heterocycles. The second-order valence-electron chi connectivity index (χ2n) is 5.71. The molecule has 1 heterocycles. The van der Waals surface area contributed by atoms with E-state index in [1.54, 1.807) is 12.1 Å². The third kappa shape index (κ3) is 3.35. The Hall–Kier alpha value is -1.20. The summed E-state index contributed by atoms with van der Waals surface area (Å²) in [6, 6.07) is 5.34. The molecule has 1 aliphatic rings. The molecule has 0 radical (unpaired) electrons. The van der Waals surface area contributed by atoms with E-state index in [1.165, 1.54) is 6.92 Å². The number of hydrogen-bond acceptors (Lipinski definition) is 4. The van der Waals surface area contributed by atoms with E-state index in [4.69, 9.17) is 4.74 Å². The third-order valence-electron chi connectivity index (χ3n) is 4.29. The van der Waals surface area contributed by atoms with Gasteiger partial charge in [0.15, 0.2) is 15.6 Å². The molecule has 0 amide bonds. The van der Waals surface area contributed by atoms with Crippen LogP contribution in [0.1, 0.15) is 41.3 Å². The van der Waals surface area contributed by atoms with Gasteiger partial charge in [0, 0.05) is 18.8 Å². The second kappa shape index (κ2) is 6.28. The number of ketones is 1.